The zero-order chi connectivity index (χ0) is 13.6. The number of hydrogen-bond acceptors (Lipinski definition) is 0. The van der Waals surface area contributed by atoms with Crippen molar-refractivity contribution in [2.24, 2.45) is 0 Å². The lowest BCUT2D eigenvalue weighted by atomic mass is 9.93. The van der Waals surface area contributed by atoms with Gasteiger partial charge in [-0.05, 0) is 53.4 Å². The van der Waals surface area contributed by atoms with Gasteiger partial charge in [0.25, 0.3) is 0 Å². The Morgan fingerprint density at radius 2 is 0.706 bits per heavy atom. The average Bonchev–Trinajstić information content (AvgIpc) is 2.37. The van der Waals surface area contributed by atoms with E-state index in [1.54, 1.807) is 0 Å². The van der Waals surface area contributed by atoms with E-state index in [4.69, 9.17) is 0 Å². The van der Waals surface area contributed by atoms with E-state index >= 15 is 0 Å². The first-order valence-electron chi connectivity index (χ1n) is 7.80. The van der Waals surface area contributed by atoms with Crippen molar-refractivity contribution in [3.05, 3.63) is 0 Å². The van der Waals surface area contributed by atoms with Crippen molar-refractivity contribution in [3.8, 4) is 0 Å². The molecule has 0 bridgehead atoms. The van der Waals surface area contributed by atoms with Crippen LogP contribution in [0, 0.1) is 0 Å². The molecule has 0 aromatic rings. The van der Waals surface area contributed by atoms with Crippen molar-refractivity contribution in [2.75, 3.05) is 0 Å². The summed E-state index contributed by atoms with van der Waals surface area (Å²) in [5.74, 6) is 0. The maximum absolute atomic E-state index is 2.46. The summed E-state index contributed by atoms with van der Waals surface area (Å²) >= 11 is 0. The van der Waals surface area contributed by atoms with E-state index in [-0.39, 0.29) is 0 Å². The van der Waals surface area contributed by atoms with Crippen molar-refractivity contribution in [1.29, 1.82) is 0 Å². The molecule has 0 heterocycles. The highest BCUT2D eigenvalue weighted by atomic mass is 15.4. The zero-order valence-corrected chi connectivity index (χ0v) is 13.6. The fourth-order valence-corrected chi connectivity index (χ4v) is 3.87. The van der Waals surface area contributed by atoms with Gasteiger partial charge < -0.3 is 4.48 Å². The van der Waals surface area contributed by atoms with Crippen molar-refractivity contribution in [2.45, 2.75) is 105 Å². The Bertz CT molecular complexity index is 154. The molecule has 0 radical (unpaired) electrons. The summed E-state index contributed by atoms with van der Waals surface area (Å²) in [4.78, 5) is 0. The summed E-state index contributed by atoms with van der Waals surface area (Å²) < 4.78 is 1.32. The van der Waals surface area contributed by atoms with Crippen molar-refractivity contribution in [3.63, 3.8) is 0 Å². The van der Waals surface area contributed by atoms with E-state index in [2.05, 4.69) is 55.4 Å². The van der Waals surface area contributed by atoms with Gasteiger partial charge in [-0.3, -0.25) is 0 Å². The second-order valence-electron chi connectivity index (χ2n) is 5.92. The second kappa shape index (κ2) is 7.41. The third kappa shape index (κ3) is 3.05. The van der Waals surface area contributed by atoms with Crippen molar-refractivity contribution < 1.29 is 4.48 Å². The summed E-state index contributed by atoms with van der Waals surface area (Å²) in [6.07, 6.45) is 5.16. The molecule has 0 rings (SSSR count). The summed E-state index contributed by atoms with van der Waals surface area (Å²) in [5.41, 5.74) is 0. The van der Waals surface area contributed by atoms with Crippen LogP contribution in [0.1, 0.15) is 81.1 Å². The molecular weight excluding hydrogens is 206 g/mol. The molecule has 0 aromatic heterocycles. The number of rotatable bonds is 8. The Kier molecular flexibility index (Phi) is 7.39. The predicted octanol–water partition coefficient (Wildman–Crippen LogP) is 5.00. The Morgan fingerprint density at radius 3 is 0.824 bits per heavy atom. The number of hydrogen-bond donors (Lipinski definition) is 0. The van der Waals surface area contributed by atoms with Crippen molar-refractivity contribution >= 4 is 0 Å². The monoisotopic (exact) mass is 242 g/mol. The number of quaternary nitrogens is 1. The quantitative estimate of drug-likeness (QED) is 0.526. The molecule has 0 saturated heterocycles. The Labute approximate surface area is 110 Å². The third-order valence-corrected chi connectivity index (χ3v) is 5.42. The van der Waals surface area contributed by atoms with Gasteiger partial charge in [0.05, 0.1) is 24.2 Å². The maximum Gasteiger partial charge on any atom is 0.0865 e. The van der Waals surface area contributed by atoms with Gasteiger partial charge >= 0.3 is 0 Å². The van der Waals surface area contributed by atoms with Gasteiger partial charge in [-0.1, -0.05) is 27.7 Å². The molecule has 4 unspecified atom stereocenters. The molecule has 104 valence electrons. The highest BCUT2D eigenvalue weighted by Gasteiger charge is 2.45. The fourth-order valence-electron chi connectivity index (χ4n) is 3.87. The molecule has 0 saturated carbocycles. The third-order valence-electron chi connectivity index (χ3n) is 5.42. The zero-order valence-electron chi connectivity index (χ0n) is 13.6. The van der Waals surface area contributed by atoms with Gasteiger partial charge in [0.2, 0.25) is 0 Å². The van der Waals surface area contributed by atoms with Crippen LogP contribution in [0.2, 0.25) is 0 Å². The van der Waals surface area contributed by atoms with Gasteiger partial charge in [-0.2, -0.15) is 0 Å². The van der Waals surface area contributed by atoms with E-state index in [9.17, 15) is 0 Å². The van der Waals surface area contributed by atoms with E-state index in [1.807, 2.05) is 0 Å². The Balaban J connectivity index is 5.51. The highest BCUT2D eigenvalue weighted by Crippen LogP contribution is 2.34. The first-order chi connectivity index (χ1) is 7.93. The van der Waals surface area contributed by atoms with Gasteiger partial charge in [0.15, 0.2) is 0 Å². The lowest BCUT2D eigenvalue weighted by molar-refractivity contribution is -1.01. The van der Waals surface area contributed by atoms with E-state index in [0.29, 0.717) is 0 Å². The summed E-state index contributed by atoms with van der Waals surface area (Å²) in [5, 5.41) is 0. The topological polar surface area (TPSA) is 0 Å². The predicted molar refractivity (Wildman–Crippen MR) is 79.3 cm³/mol. The molecule has 1 nitrogen and oxygen atoms in total. The van der Waals surface area contributed by atoms with Crippen LogP contribution in [0.25, 0.3) is 0 Å². The summed E-state index contributed by atoms with van der Waals surface area (Å²) in [6.45, 7) is 19.3. The van der Waals surface area contributed by atoms with Crippen LogP contribution >= 0.6 is 0 Å². The Hall–Kier alpha value is -0.0400. The minimum absolute atomic E-state index is 0.773. The van der Waals surface area contributed by atoms with Crippen LogP contribution in [-0.2, 0) is 0 Å². The van der Waals surface area contributed by atoms with Crippen LogP contribution in [0.3, 0.4) is 0 Å². The lowest BCUT2D eigenvalue weighted by Crippen LogP contribution is -2.68. The molecule has 0 N–H and O–H groups in total. The normalized spacial score (nSPS) is 22.6. The SMILES string of the molecule is CCC(C)[N+](C(C)CC)(C(C)CC)C(C)CC. The van der Waals surface area contributed by atoms with Gasteiger partial charge in [0.1, 0.15) is 0 Å². The first-order valence-corrected chi connectivity index (χ1v) is 7.80. The summed E-state index contributed by atoms with van der Waals surface area (Å²) in [7, 11) is 0. The van der Waals surface area contributed by atoms with Crippen LogP contribution in [0.5, 0.6) is 0 Å². The molecule has 17 heavy (non-hydrogen) atoms. The molecule has 0 aliphatic rings. The molecule has 4 atom stereocenters. The van der Waals surface area contributed by atoms with Gasteiger partial charge in [0, 0.05) is 0 Å². The Morgan fingerprint density at radius 1 is 0.529 bits per heavy atom. The van der Waals surface area contributed by atoms with E-state index in [0.717, 1.165) is 24.2 Å². The lowest BCUT2D eigenvalue weighted by Gasteiger charge is -2.55. The molecule has 0 spiro atoms. The smallest absolute Gasteiger partial charge is 0.0865 e. The average molecular weight is 242 g/mol. The second-order valence-corrected chi connectivity index (χ2v) is 5.92. The van der Waals surface area contributed by atoms with E-state index in [1.165, 1.54) is 30.2 Å². The first kappa shape index (κ1) is 17.0. The van der Waals surface area contributed by atoms with Crippen LogP contribution in [0.4, 0.5) is 0 Å². The van der Waals surface area contributed by atoms with Crippen LogP contribution in [-0.4, -0.2) is 28.7 Å². The standard InChI is InChI=1S/C16H36N/c1-9-13(5)17(14(6)10-2,15(7)11-3)16(8)12-4/h13-16H,9-12H2,1-8H3/q+1. The molecule has 0 aliphatic heterocycles. The maximum atomic E-state index is 2.46. The molecule has 1 heteroatoms. The van der Waals surface area contributed by atoms with Crippen LogP contribution in [0.15, 0.2) is 0 Å². The van der Waals surface area contributed by atoms with Crippen LogP contribution < -0.4 is 0 Å². The molecular formula is C16H36N+. The molecule has 0 fully saturated rings. The van der Waals surface area contributed by atoms with Gasteiger partial charge in [-0.15, -0.1) is 0 Å². The fraction of sp³-hybridized carbons (Fsp3) is 1.00. The van der Waals surface area contributed by atoms with Gasteiger partial charge in [-0.25, -0.2) is 0 Å². The number of nitrogens with zero attached hydrogens (tertiary/aromatic N) is 1. The molecule has 0 amide bonds. The minimum Gasteiger partial charge on any atom is -0.315 e. The summed E-state index contributed by atoms with van der Waals surface area (Å²) in [6, 6.07) is 3.09. The minimum atomic E-state index is 0.773. The van der Waals surface area contributed by atoms with Crippen molar-refractivity contribution in [1.82, 2.24) is 0 Å². The largest absolute Gasteiger partial charge is 0.315 e. The van der Waals surface area contributed by atoms with E-state index < -0.39 is 0 Å². The molecule has 0 aromatic carbocycles. The highest BCUT2D eigenvalue weighted by molar-refractivity contribution is 4.69. The molecule has 0 aliphatic carbocycles.